The Labute approximate surface area is 185 Å². The normalized spacial score (nSPS) is 17.0. The molecule has 180 valence electrons. The molecule has 1 aliphatic heterocycles. The second kappa shape index (κ2) is 9.56. The number of rotatable bonds is 5. The third-order valence-corrected chi connectivity index (χ3v) is 5.27. The number of piperazine rings is 1. The first-order chi connectivity index (χ1) is 15.4. The van der Waals surface area contributed by atoms with Gasteiger partial charge in [0, 0.05) is 31.7 Å². The first-order valence-electron chi connectivity index (χ1n) is 9.88. The summed E-state index contributed by atoms with van der Waals surface area (Å²) in [4.78, 5) is 16.7. The van der Waals surface area contributed by atoms with Gasteiger partial charge >= 0.3 is 12.4 Å². The number of amides is 1. The van der Waals surface area contributed by atoms with E-state index < -0.39 is 46.9 Å². The lowest BCUT2D eigenvalue weighted by Crippen LogP contribution is -2.50. The molecule has 0 saturated carbocycles. The van der Waals surface area contributed by atoms with Crippen LogP contribution in [0.3, 0.4) is 0 Å². The van der Waals surface area contributed by atoms with Crippen molar-refractivity contribution in [1.82, 2.24) is 15.2 Å². The molecule has 0 aromatic heterocycles. The molecule has 0 spiro atoms. The maximum atomic E-state index is 14.5. The Morgan fingerprint density at radius 3 is 1.97 bits per heavy atom. The predicted octanol–water partition coefficient (Wildman–Crippen LogP) is 4.30. The number of carbonyl (C=O) groups excluding carboxylic acids is 1. The van der Waals surface area contributed by atoms with Crippen LogP contribution in [0.2, 0.25) is 0 Å². The highest BCUT2D eigenvalue weighted by Crippen LogP contribution is 2.37. The van der Waals surface area contributed by atoms with Gasteiger partial charge in [0.2, 0.25) is 0 Å². The van der Waals surface area contributed by atoms with Gasteiger partial charge in [-0.1, -0.05) is 18.2 Å². The van der Waals surface area contributed by atoms with Crippen molar-refractivity contribution in [2.45, 2.75) is 18.4 Å². The van der Waals surface area contributed by atoms with E-state index >= 15 is 0 Å². The molecule has 12 heteroatoms. The van der Waals surface area contributed by atoms with E-state index in [1.165, 1.54) is 24.3 Å². The van der Waals surface area contributed by atoms with Gasteiger partial charge in [0.05, 0.1) is 16.8 Å². The van der Waals surface area contributed by atoms with E-state index in [0.29, 0.717) is 38.3 Å². The summed E-state index contributed by atoms with van der Waals surface area (Å²) < 4.78 is 92.9. The first kappa shape index (κ1) is 24.8. The summed E-state index contributed by atoms with van der Waals surface area (Å²) in [6.45, 7) is 2.00. The molecule has 5 nitrogen and oxygen atoms in total. The second-order valence-electron chi connectivity index (χ2n) is 7.67. The number of benzene rings is 2. The van der Waals surface area contributed by atoms with Crippen LogP contribution in [0.5, 0.6) is 0 Å². The van der Waals surface area contributed by atoms with E-state index in [-0.39, 0.29) is 11.6 Å². The van der Waals surface area contributed by atoms with E-state index in [9.17, 15) is 35.5 Å². The van der Waals surface area contributed by atoms with Crippen LogP contribution in [0.15, 0.2) is 42.5 Å². The summed E-state index contributed by atoms with van der Waals surface area (Å²) in [7, 11) is 1.88. The van der Waals surface area contributed by atoms with Gasteiger partial charge in [0.25, 0.3) is 5.91 Å². The van der Waals surface area contributed by atoms with Crippen molar-refractivity contribution in [1.29, 1.82) is 0 Å². The molecule has 1 heterocycles. The standard InChI is InChI=1S/C21H21F7N4O/c1-31-6-8-32(9-7-31)18(16-4-2-3-5-17(16)22)19(33)30-29-15-11-13(20(23,24)25)10-14(12-15)21(26,27)28/h2-5,10-12,18,29H,6-9H2,1H3,(H,30,33). The van der Waals surface area contributed by atoms with Gasteiger partial charge in [-0.2, -0.15) is 26.3 Å². The largest absolute Gasteiger partial charge is 0.416 e. The number of likely N-dealkylation sites (N-methyl/N-ethyl adjacent to an activating group) is 1. The van der Waals surface area contributed by atoms with Gasteiger partial charge in [0.15, 0.2) is 0 Å². The molecule has 1 fully saturated rings. The molecular weight excluding hydrogens is 457 g/mol. The second-order valence-corrected chi connectivity index (χ2v) is 7.67. The molecule has 3 rings (SSSR count). The zero-order chi connectivity index (χ0) is 24.4. The number of hydrogen-bond donors (Lipinski definition) is 2. The van der Waals surface area contributed by atoms with Crippen molar-refractivity contribution in [3.05, 3.63) is 65.0 Å². The Balaban J connectivity index is 1.86. The summed E-state index contributed by atoms with van der Waals surface area (Å²) in [5.41, 5.74) is 0.643. The summed E-state index contributed by atoms with van der Waals surface area (Å²) in [6, 6.07) is 5.29. The average Bonchev–Trinajstić information content (AvgIpc) is 2.73. The summed E-state index contributed by atoms with van der Waals surface area (Å²) in [5, 5.41) is 0. The Kier molecular flexibility index (Phi) is 7.17. The highest BCUT2D eigenvalue weighted by molar-refractivity contribution is 5.84. The quantitative estimate of drug-likeness (QED) is 0.497. The van der Waals surface area contributed by atoms with E-state index in [2.05, 4.69) is 10.9 Å². The lowest BCUT2D eigenvalue weighted by molar-refractivity contribution is -0.143. The van der Waals surface area contributed by atoms with Crippen molar-refractivity contribution in [2.75, 3.05) is 38.7 Å². The molecule has 2 aromatic rings. The molecule has 0 radical (unpaired) electrons. The molecule has 1 amide bonds. The van der Waals surface area contributed by atoms with Gasteiger partial charge in [-0.3, -0.25) is 20.5 Å². The minimum Gasteiger partial charge on any atom is -0.304 e. The zero-order valence-corrected chi connectivity index (χ0v) is 17.4. The van der Waals surface area contributed by atoms with Gasteiger partial charge < -0.3 is 4.90 Å². The number of halogens is 7. The predicted molar refractivity (Wildman–Crippen MR) is 106 cm³/mol. The van der Waals surface area contributed by atoms with Crippen molar-refractivity contribution < 1.29 is 35.5 Å². The van der Waals surface area contributed by atoms with E-state index in [0.717, 1.165) is 0 Å². The molecule has 1 atom stereocenters. The Hall–Kier alpha value is -2.86. The van der Waals surface area contributed by atoms with Gasteiger partial charge in [-0.05, 0) is 31.3 Å². The lowest BCUT2D eigenvalue weighted by atomic mass is 10.0. The highest BCUT2D eigenvalue weighted by Gasteiger charge is 2.37. The number of nitrogens with one attached hydrogen (secondary N) is 2. The Morgan fingerprint density at radius 2 is 1.45 bits per heavy atom. The number of hydrazine groups is 1. The van der Waals surface area contributed by atoms with Crippen LogP contribution in [0.1, 0.15) is 22.7 Å². The molecule has 0 aliphatic carbocycles. The van der Waals surface area contributed by atoms with E-state index in [1.54, 1.807) is 4.90 Å². The summed E-state index contributed by atoms with van der Waals surface area (Å²) in [6.07, 6.45) is -10.1. The SMILES string of the molecule is CN1CCN(C(C(=O)NNc2cc(C(F)(F)F)cc(C(F)(F)F)c2)c2ccccc2F)CC1. The van der Waals surface area contributed by atoms with Crippen molar-refractivity contribution in [2.24, 2.45) is 0 Å². The lowest BCUT2D eigenvalue weighted by Gasteiger charge is -2.37. The molecule has 33 heavy (non-hydrogen) atoms. The third kappa shape index (κ3) is 6.14. The fourth-order valence-electron chi connectivity index (χ4n) is 3.51. The maximum absolute atomic E-state index is 14.5. The van der Waals surface area contributed by atoms with Crippen LogP contribution in [0.25, 0.3) is 0 Å². The van der Waals surface area contributed by atoms with Crippen LogP contribution in [-0.2, 0) is 17.1 Å². The average molecular weight is 478 g/mol. The number of anilines is 1. The van der Waals surface area contributed by atoms with Crippen LogP contribution in [0.4, 0.5) is 36.4 Å². The Bertz CT molecular complexity index is 953. The summed E-state index contributed by atoms with van der Waals surface area (Å²) >= 11 is 0. The van der Waals surface area contributed by atoms with Crippen LogP contribution in [0, 0.1) is 5.82 Å². The fourth-order valence-corrected chi connectivity index (χ4v) is 3.51. The van der Waals surface area contributed by atoms with E-state index in [1.807, 2.05) is 11.9 Å². The Morgan fingerprint density at radius 1 is 0.909 bits per heavy atom. The fraction of sp³-hybridized carbons (Fsp3) is 0.381. The number of hydrogen-bond acceptors (Lipinski definition) is 4. The van der Waals surface area contributed by atoms with E-state index in [4.69, 9.17) is 0 Å². The summed E-state index contributed by atoms with van der Waals surface area (Å²) in [5.74, 6) is -1.48. The highest BCUT2D eigenvalue weighted by atomic mass is 19.4. The van der Waals surface area contributed by atoms with Crippen molar-refractivity contribution in [3.63, 3.8) is 0 Å². The number of carbonyl (C=O) groups is 1. The topological polar surface area (TPSA) is 47.6 Å². The number of alkyl halides is 6. The van der Waals surface area contributed by atoms with Crippen molar-refractivity contribution >= 4 is 11.6 Å². The van der Waals surface area contributed by atoms with Crippen LogP contribution in [-0.4, -0.2) is 48.9 Å². The molecular formula is C21H21F7N4O. The monoisotopic (exact) mass is 478 g/mol. The number of nitrogens with zero attached hydrogens (tertiary/aromatic N) is 2. The smallest absolute Gasteiger partial charge is 0.304 e. The van der Waals surface area contributed by atoms with Crippen LogP contribution < -0.4 is 10.9 Å². The van der Waals surface area contributed by atoms with Crippen LogP contribution >= 0.6 is 0 Å². The third-order valence-electron chi connectivity index (χ3n) is 5.27. The molecule has 1 saturated heterocycles. The van der Waals surface area contributed by atoms with Gasteiger partial charge in [-0.15, -0.1) is 0 Å². The minimum absolute atomic E-state index is 0.0145. The minimum atomic E-state index is -5.03. The molecule has 0 bridgehead atoms. The van der Waals surface area contributed by atoms with Crippen molar-refractivity contribution in [3.8, 4) is 0 Å². The zero-order valence-electron chi connectivity index (χ0n) is 17.4. The van der Waals surface area contributed by atoms with Gasteiger partial charge in [-0.25, -0.2) is 4.39 Å². The maximum Gasteiger partial charge on any atom is 0.416 e. The molecule has 1 aliphatic rings. The molecule has 2 N–H and O–H groups in total. The molecule has 1 unspecified atom stereocenters. The first-order valence-corrected chi connectivity index (χ1v) is 9.88. The van der Waals surface area contributed by atoms with Gasteiger partial charge in [0.1, 0.15) is 11.9 Å². The molecule has 2 aromatic carbocycles.